The highest BCUT2D eigenvalue weighted by molar-refractivity contribution is 5.69. The fraction of sp³-hybridized carbons (Fsp3) is 0.731. The van der Waals surface area contributed by atoms with Crippen molar-refractivity contribution in [1.82, 2.24) is 0 Å². The zero-order chi connectivity index (χ0) is 33.3. The van der Waals surface area contributed by atoms with Gasteiger partial charge in [0.2, 0.25) is 12.4 Å². The Bertz CT molecular complexity index is 1090. The van der Waals surface area contributed by atoms with Crippen molar-refractivity contribution in [3.8, 4) is 0 Å². The molecule has 0 radical (unpaired) electrons. The van der Waals surface area contributed by atoms with Gasteiger partial charge in [-0.1, -0.05) is 0 Å². The smallest absolute Gasteiger partial charge is 0.305 e. The second kappa shape index (κ2) is 16.3. The van der Waals surface area contributed by atoms with Crippen LogP contribution in [0.3, 0.4) is 0 Å². The van der Waals surface area contributed by atoms with E-state index < -0.39 is 116 Å². The number of rotatable bonds is 11. The third-order valence-corrected chi connectivity index (χ3v) is 5.89. The van der Waals surface area contributed by atoms with E-state index in [1.807, 2.05) is 0 Å². The van der Waals surface area contributed by atoms with Crippen LogP contribution in [0.2, 0.25) is 0 Å². The molecule has 2 rings (SSSR count). The third kappa shape index (κ3) is 10.7. The molecule has 18 nitrogen and oxygen atoms in total. The van der Waals surface area contributed by atoms with E-state index in [1.54, 1.807) is 0 Å². The van der Waals surface area contributed by atoms with Crippen molar-refractivity contribution in [2.75, 3.05) is 13.2 Å². The molecular weight excluding hydrogens is 600 g/mol. The van der Waals surface area contributed by atoms with Crippen molar-refractivity contribution in [3.63, 3.8) is 0 Å². The van der Waals surface area contributed by atoms with E-state index in [1.165, 1.54) is 0 Å². The summed E-state index contributed by atoms with van der Waals surface area (Å²) in [6.45, 7) is 6.09. The van der Waals surface area contributed by atoms with Crippen LogP contribution in [0.5, 0.6) is 0 Å². The predicted molar refractivity (Wildman–Crippen MR) is 135 cm³/mol. The van der Waals surface area contributed by atoms with Gasteiger partial charge in [-0.25, -0.2) is 0 Å². The largest absolute Gasteiger partial charge is 0.463 e. The van der Waals surface area contributed by atoms with Crippen LogP contribution in [0.25, 0.3) is 0 Å². The maximum atomic E-state index is 12.2. The van der Waals surface area contributed by atoms with Crippen molar-refractivity contribution in [2.24, 2.45) is 0 Å². The Balaban J connectivity index is 2.65. The molecule has 2 aliphatic rings. The Labute approximate surface area is 251 Å². The van der Waals surface area contributed by atoms with Crippen LogP contribution in [0.1, 0.15) is 48.5 Å². The summed E-state index contributed by atoms with van der Waals surface area (Å²) in [6.07, 6.45) is -16.3. The van der Waals surface area contributed by atoms with Crippen molar-refractivity contribution < 1.29 is 86.0 Å². The first-order valence-corrected chi connectivity index (χ1v) is 13.3. The van der Waals surface area contributed by atoms with Crippen molar-refractivity contribution >= 4 is 41.8 Å². The highest BCUT2D eigenvalue weighted by atomic mass is 16.8. The molecule has 1 N–H and O–H groups in total. The van der Waals surface area contributed by atoms with Crippen LogP contribution in [0, 0.1) is 0 Å². The number of aliphatic hydroxyl groups excluding tert-OH is 1. The Kier molecular flexibility index (Phi) is 13.4. The molecule has 18 heteroatoms. The minimum Gasteiger partial charge on any atom is -0.463 e. The van der Waals surface area contributed by atoms with E-state index in [4.69, 9.17) is 47.4 Å². The molecule has 10 atom stereocenters. The number of aliphatic hydroxyl groups is 1. The number of esters is 7. The van der Waals surface area contributed by atoms with Crippen LogP contribution in [-0.4, -0.2) is 122 Å². The molecule has 0 aromatic heterocycles. The average molecular weight is 637 g/mol. The number of hydrogen-bond donors (Lipinski definition) is 1. The fourth-order valence-electron chi connectivity index (χ4n) is 4.41. The molecule has 0 bridgehead atoms. The van der Waals surface area contributed by atoms with E-state index in [0.717, 1.165) is 48.5 Å². The van der Waals surface area contributed by atoms with E-state index in [0.29, 0.717) is 0 Å². The number of hydrogen-bond acceptors (Lipinski definition) is 18. The van der Waals surface area contributed by atoms with Crippen LogP contribution in [-0.2, 0) is 80.9 Å². The standard InChI is InChI=1S/C26H36O18/c1-10(27)35-8-17-19(34)21(37-12(3)29)23(39-14(5)31)26(42-17)44-20-18(9-36-11(2)28)43-25(41-16(7)33)24(40-15(6)32)22(20)38-13(4)30/h17-26,34H,8-9H2,1-7H3. The summed E-state index contributed by atoms with van der Waals surface area (Å²) in [5.41, 5.74) is 0. The Morgan fingerprint density at radius 3 is 1.32 bits per heavy atom. The predicted octanol–water partition coefficient (Wildman–Crippen LogP) is -1.40. The normalized spacial score (nSPS) is 31.5. The molecule has 0 aromatic rings. The molecule has 2 fully saturated rings. The molecule has 0 spiro atoms. The topological polar surface area (TPSA) is 232 Å². The third-order valence-electron chi connectivity index (χ3n) is 5.89. The molecular formula is C26H36O18. The number of ether oxygens (including phenoxy) is 10. The van der Waals surface area contributed by atoms with Gasteiger partial charge in [-0.15, -0.1) is 0 Å². The monoisotopic (exact) mass is 636 g/mol. The first-order valence-electron chi connectivity index (χ1n) is 13.3. The van der Waals surface area contributed by atoms with Crippen LogP contribution < -0.4 is 0 Å². The van der Waals surface area contributed by atoms with Gasteiger partial charge in [0.15, 0.2) is 24.6 Å². The van der Waals surface area contributed by atoms with Crippen LogP contribution in [0.15, 0.2) is 0 Å². The van der Waals surface area contributed by atoms with Gasteiger partial charge in [-0.3, -0.25) is 33.6 Å². The summed E-state index contributed by atoms with van der Waals surface area (Å²) in [6, 6.07) is 0. The molecule has 44 heavy (non-hydrogen) atoms. The molecule has 10 unspecified atom stereocenters. The summed E-state index contributed by atoms with van der Waals surface area (Å²) in [5.74, 6) is -6.04. The van der Waals surface area contributed by atoms with E-state index in [-0.39, 0.29) is 0 Å². The van der Waals surface area contributed by atoms with E-state index in [9.17, 15) is 38.7 Å². The molecule has 2 aliphatic heterocycles. The van der Waals surface area contributed by atoms with E-state index >= 15 is 0 Å². The highest BCUT2D eigenvalue weighted by Gasteiger charge is 2.57. The van der Waals surface area contributed by atoms with Crippen molar-refractivity contribution in [1.29, 1.82) is 0 Å². The molecule has 2 saturated heterocycles. The average Bonchev–Trinajstić information content (AvgIpc) is 2.87. The number of carbonyl (C=O) groups excluding carboxylic acids is 7. The molecule has 2 heterocycles. The summed E-state index contributed by atoms with van der Waals surface area (Å²) in [4.78, 5) is 83.3. The second-order valence-electron chi connectivity index (χ2n) is 9.69. The Morgan fingerprint density at radius 1 is 0.477 bits per heavy atom. The lowest BCUT2D eigenvalue weighted by atomic mass is 9.96. The first kappa shape index (κ1) is 36.3. The summed E-state index contributed by atoms with van der Waals surface area (Å²) in [5, 5.41) is 10.9. The lowest BCUT2D eigenvalue weighted by molar-refractivity contribution is -0.357. The second-order valence-corrected chi connectivity index (χ2v) is 9.69. The first-order chi connectivity index (χ1) is 20.5. The Morgan fingerprint density at radius 2 is 0.864 bits per heavy atom. The maximum Gasteiger partial charge on any atom is 0.305 e. The summed E-state index contributed by atoms with van der Waals surface area (Å²) in [7, 11) is 0. The van der Waals surface area contributed by atoms with Crippen molar-refractivity contribution in [2.45, 2.75) is 110 Å². The highest BCUT2D eigenvalue weighted by Crippen LogP contribution is 2.34. The zero-order valence-corrected chi connectivity index (χ0v) is 25.1. The lowest BCUT2D eigenvalue weighted by Gasteiger charge is -2.48. The van der Waals surface area contributed by atoms with Gasteiger partial charge in [0.1, 0.15) is 37.6 Å². The van der Waals surface area contributed by atoms with Crippen LogP contribution in [0.4, 0.5) is 0 Å². The minimum atomic E-state index is -1.79. The quantitative estimate of drug-likeness (QED) is 0.203. The minimum absolute atomic E-state index is 0.572. The SMILES string of the molecule is CC(=O)OCC1OC(OC2C(COC(C)=O)OC(OC(C)=O)C(OC(C)=O)C2OC(C)=O)C(OC(C)=O)C(OC(C)=O)C1O. The lowest BCUT2D eigenvalue weighted by Crippen LogP contribution is -2.67. The van der Waals surface area contributed by atoms with Gasteiger partial charge < -0.3 is 52.5 Å². The van der Waals surface area contributed by atoms with Gasteiger partial charge in [0.05, 0.1) is 0 Å². The number of carbonyl (C=O) groups is 7. The van der Waals surface area contributed by atoms with Gasteiger partial charge in [-0.05, 0) is 0 Å². The molecule has 0 aliphatic carbocycles. The molecule has 248 valence electrons. The van der Waals surface area contributed by atoms with Gasteiger partial charge >= 0.3 is 41.8 Å². The molecule has 0 saturated carbocycles. The molecule has 0 amide bonds. The van der Waals surface area contributed by atoms with E-state index in [2.05, 4.69) is 0 Å². The fourth-order valence-corrected chi connectivity index (χ4v) is 4.41. The Hall–Kier alpha value is -3.87. The summed E-state index contributed by atoms with van der Waals surface area (Å²) >= 11 is 0. The van der Waals surface area contributed by atoms with Crippen LogP contribution >= 0.6 is 0 Å². The van der Waals surface area contributed by atoms with Gasteiger partial charge in [0.25, 0.3) is 0 Å². The van der Waals surface area contributed by atoms with Gasteiger partial charge in [0, 0.05) is 48.5 Å². The zero-order valence-electron chi connectivity index (χ0n) is 25.1. The summed E-state index contributed by atoms with van der Waals surface area (Å²) < 4.78 is 54.1. The van der Waals surface area contributed by atoms with Gasteiger partial charge in [-0.2, -0.15) is 0 Å². The van der Waals surface area contributed by atoms with Crippen molar-refractivity contribution in [3.05, 3.63) is 0 Å². The maximum absolute atomic E-state index is 12.2. The molecule has 0 aromatic carbocycles.